The van der Waals surface area contributed by atoms with Gasteiger partial charge in [0.05, 0.1) is 13.2 Å². The van der Waals surface area contributed by atoms with Gasteiger partial charge in [0.2, 0.25) is 5.88 Å². The van der Waals surface area contributed by atoms with E-state index in [1.54, 1.807) is 6.07 Å². The average Bonchev–Trinajstić information content (AvgIpc) is 2.31. The Hall–Kier alpha value is -2.30. The maximum absolute atomic E-state index is 11.3. The Morgan fingerprint density at radius 1 is 1.29 bits per heavy atom. The molecule has 0 aliphatic rings. The van der Waals surface area contributed by atoms with Crippen molar-refractivity contribution in [2.75, 3.05) is 7.11 Å². The maximum Gasteiger partial charge on any atom is 0.305 e. The first kappa shape index (κ1) is 11.2. The molecule has 5 nitrogen and oxygen atoms in total. The predicted octanol–water partition coefficient (Wildman–Crippen LogP) is 1.88. The van der Waals surface area contributed by atoms with E-state index in [9.17, 15) is 4.79 Å². The SMILES string of the molecule is COc1cc(=O)[nH]c(Oc2ccccc2C)n1. The number of ether oxygens (including phenoxy) is 2. The van der Waals surface area contributed by atoms with Crippen molar-refractivity contribution in [1.82, 2.24) is 9.97 Å². The molecule has 5 heteroatoms. The molecule has 0 atom stereocenters. The summed E-state index contributed by atoms with van der Waals surface area (Å²) in [5.74, 6) is 0.862. The van der Waals surface area contributed by atoms with Gasteiger partial charge in [-0.2, -0.15) is 4.98 Å². The highest BCUT2D eigenvalue weighted by atomic mass is 16.5. The Labute approximate surface area is 98.0 Å². The van der Waals surface area contributed by atoms with Crippen molar-refractivity contribution >= 4 is 0 Å². The molecule has 1 aromatic carbocycles. The molecule has 17 heavy (non-hydrogen) atoms. The number of para-hydroxylation sites is 1. The lowest BCUT2D eigenvalue weighted by molar-refractivity contribution is 0.374. The summed E-state index contributed by atoms with van der Waals surface area (Å²) in [7, 11) is 1.44. The van der Waals surface area contributed by atoms with Crippen LogP contribution in [0.25, 0.3) is 0 Å². The van der Waals surface area contributed by atoms with Gasteiger partial charge in [-0.05, 0) is 18.6 Å². The first-order chi connectivity index (χ1) is 8.19. The molecule has 1 heterocycles. The van der Waals surface area contributed by atoms with Gasteiger partial charge in [-0.3, -0.25) is 9.78 Å². The van der Waals surface area contributed by atoms with Gasteiger partial charge in [0, 0.05) is 0 Å². The van der Waals surface area contributed by atoms with Gasteiger partial charge in [-0.25, -0.2) is 0 Å². The van der Waals surface area contributed by atoms with Crippen molar-refractivity contribution in [2.24, 2.45) is 0 Å². The van der Waals surface area contributed by atoms with Gasteiger partial charge >= 0.3 is 6.01 Å². The third kappa shape index (κ3) is 2.63. The van der Waals surface area contributed by atoms with Gasteiger partial charge in [-0.1, -0.05) is 18.2 Å². The number of hydrogen-bond donors (Lipinski definition) is 1. The number of rotatable bonds is 3. The molecular weight excluding hydrogens is 220 g/mol. The normalized spacial score (nSPS) is 10.0. The van der Waals surface area contributed by atoms with E-state index in [0.717, 1.165) is 5.56 Å². The zero-order chi connectivity index (χ0) is 12.3. The Kier molecular flexibility index (Phi) is 3.09. The number of aromatic nitrogens is 2. The van der Waals surface area contributed by atoms with Crippen molar-refractivity contribution in [3.05, 3.63) is 46.2 Å². The van der Waals surface area contributed by atoms with E-state index in [2.05, 4.69) is 9.97 Å². The summed E-state index contributed by atoms with van der Waals surface area (Å²) in [5.41, 5.74) is 0.637. The molecular formula is C12H12N2O3. The van der Waals surface area contributed by atoms with Crippen LogP contribution >= 0.6 is 0 Å². The Morgan fingerprint density at radius 2 is 2.06 bits per heavy atom. The van der Waals surface area contributed by atoms with E-state index in [-0.39, 0.29) is 17.4 Å². The molecule has 0 radical (unpaired) electrons. The fourth-order valence-electron chi connectivity index (χ4n) is 1.34. The topological polar surface area (TPSA) is 64.2 Å². The van der Waals surface area contributed by atoms with E-state index < -0.39 is 0 Å². The van der Waals surface area contributed by atoms with E-state index in [0.29, 0.717) is 5.75 Å². The third-order valence-corrected chi connectivity index (χ3v) is 2.21. The molecule has 0 saturated heterocycles. The second-order valence-corrected chi connectivity index (χ2v) is 3.46. The van der Waals surface area contributed by atoms with Crippen molar-refractivity contribution in [3.63, 3.8) is 0 Å². The molecule has 0 saturated carbocycles. The number of nitrogens with zero attached hydrogens (tertiary/aromatic N) is 1. The van der Waals surface area contributed by atoms with Crippen molar-refractivity contribution < 1.29 is 9.47 Å². The standard InChI is InChI=1S/C12H12N2O3/c1-8-5-3-4-6-9(8)17-12-13-10(15)7-11(14-12)16-2/h3-7H,1-2H3,(H,13,14,15). The van der Waals surface area contributed by atoms with E-state index in [1.807, 2.05) is 25.1 Å². The summed E-state index contributed by atoms with van der Waals surface area (Å²) in [5, 5.41) is 0. The summed E-state index contributed by atoms with van der Waals surface area (Å²) < 4.78 is 10.4. The Morgan fingerprint density at radius 3 is 2.76 bits per heavy atom. The predicted molar refractivity (Wildman–Crippen MR) is 62.7 cm³/mol. The highest BCUT2D eigenvalue weighted by Crippen LogP contribution is 2.21. The largest absolute Gasteiger partial charge is 0.481 e. The van der Waals surface area contributed by atoms with E-state index >= 15 is 0 Å². The summed E-state index contributed by atoms with van der Waals surface area (Å²) in [6, 6.07) is 8.83. The van der Waals surface area contributed by atoms with Crippen LogP contribution in [0.2, 0.25) is 0 Å². The number of H-pyrrole nitrogens is 1. The number of aryl methyl sites for hydroxylation is 1. The van der Waals surface area contributed by atoms with Crippen LogP contribution in [0.4, 0.5) is 0 Å². The number of methoxy groups -OCH3 is 1. The molecule has 1 aromatic heterocycles. The van der Waals surface area contributed by atoms with Gasteiger partial charge in [0.25, 0.3) is 5.56 Å². The Balaban J connectivity index is 2.33. The zero-order valence-corrected chi connectivity index (χ0v) is 9.56. The van der Waals surface area contributed by atoms with Crippen LogP contribution in [-0.2, 0) is 0 Å². The van der Waals surface area contributed by atoms with Crippen molar-refractivity contribution in [2.45, 2.75) is 6.92 Å². The van der Waals surface area contributed by atoms with E-state index in [1.165, 1.54) is 13.2 Å². The minimum Gasteiger partial charge on any atom is -0.481 e. The third-order valence-electron chi connectivity index (χ3n) is 2.21. The van der Waals surface area contributed by atoms with Crippen LogP contribution in [0, 0.1) is 6.92 Å². The molecule has 2 rings (SSSR count). The Bertz CT molecular complexity index is 578. The molecule has 88 valence electrons. The van der Waals surface area contributed by atoms with Crippen molar-refractivity contribution in [3.8, 4) is 17.6 Å². The second kappa shape index (κ2) is 4.69. The number of aromatic amines is 1. The van der Waals surface area contributed by atoms with Gasteiger partial charge in [-0.15, -0.1) is 0 Å². The molecule has 2 aromatic rings. The first-order valence-corrected chi connectivity index (χ1v) is 5.08. The minimum atomic E-state index is -0.319. The lowest BCUT2D eigenvalue weighted by atomic mass is 10.2. The van der Waals surface area contributed by atoms with Crippen LogP contribution in [0.15, 0.2) is 35.1 Å². The van der Waals surface area contributed by atoms with Crippen LogP contribution in [0.5, 0.6) is 17.6 Å². The molecule has 0 aliphatic heterocycles. The number of nitrogens with one attached hydrogen (secondary N) is 1. The zero-order valence-electron chi connectivity index (χ0n) is 9.56. The summed E-state index contributed by atoms with van der Waals surface area (Å²) >= 11 is 0. The molecule has 0 fully saturated rings. The summed E-state index contributed by atoms with van der Waals surface area (Å²) in [6.45, 7) is 1.91. The fraction of sp³-hybridized carbons (Fsp3) is 0.167. The fourth-order valence-corrected chi connectivity index (χ4v) is 1.34. The van der Waals surface area contributed by atoms with Gasteiger partial charge in [0.1, 0.15) is 5.75 Å². The molecule has 0 aliphatic carbocycles. The molecule has 0 spiro atoms. The van der Waals surface area contributed by atoms with Crippen LogP contribution in [0.1, 0.15) is 5.56 Å². The lowest BCUT2D eigenvalue weighted by Crippen LogP contribution is -2.08. The smallest absolute Gasteiger partial charge is 0.305 e. The second-order valence-electron chi connectivity index (χ2n) is 3.46. The van der Waals surface area contributed by atoms with Crippen LogP contribution in [0.3, 0.4) is 0 Å². The highest BCUT2D eigenvalue weighted by Gasteiger charge is 2.05. The van der Waals surface area contributed by atoms with Crippen molar-refractivity contribution in [1.29, 1.82) is 0 Å². The molecule has 0 unspecified atom stereocenters. The first-order valence-electron chi connectivity index (χ1n) is 5.08. The average molecular weight is 232 g/mol. The summed E-state index contributed by atoms with van der Waals surface area (Å²) in [6.07, 6.45) is 0. The van der Waals surface area contributed by atoms with Gasteiger partial charge < -0.3 is 9.47 Å². The van der Waals surface area contributed by atoms with Crippen LogP contribution < -0.4 is 15.0 Å². The number of hydrogen-bond acceptors (Lipinski definition) is 4. The van der Waals surface area contributed by atoms with E-state index in [4.69, 9.17) is 9.47 Å². The lowest BCUT2D eigenvalue weighted by Gasteiger charge is -2.07. The minimum absolute atomic E-state index is 0.114. The highest BCUT2D eigenvalue weighted by molar-refractivity contribution is 5.33. The quantitative estimate of drug-likeness (QED) is 0.877. The number of benzene rings is 1. The molecule has 0 amide bonds. The summed E-state index contributed by atoms with van der Waals surface area (Å²) in [4.78, 5) is 17.8. The monoisotopic (exact) mass is 232 g/mol. The molecule has 1 N–H and O–H groups in total. The molecule has 0 bridgehead atoms. The van der Waals surface area contributed by atoms with Crippen LogP contribution in [-0.4, -0.2) is 17.1 Å². The maximum atomic E-state index is 11.3. The van der Waals surface area contributed by atoms with Gasteiger partial charge in [0.15, 0.2) is 0 Å².